The summed E-state index contributed by atoms with van der Waals surface area (Å²) in [5, 5.41) is 33.1. The highest BCUT2D eigenvalue weighted by Gasteiger charge is 2.41. The lowest BCUT2D eigenvalue weighted by Crippen LogP contribution is -2.44. The fourth-order valence-corrected chi connectivity index (χ4v) is 2.56. The Morgan fingerprint density at radius 3 is 2.52 bits per heavy atom. The number of rotatable bonds is 3. The van der Waals surface area contributed by atoms with Crippen LogP contribution in [0.5, 0.6) is 0 Å². The predicted octanol–water partition coefficient (Wildman–Crippen LogP) is 0.929. The molecule has 1 fully saturated rings. The van der Waals surface area contributed by atoms with E-state index in [2.05, 4.69) is 10.6 Å². The first-order chi connectivity index (χ1) is 10.7. The number of aliphatic hydroxyl groups excluding tert-OH is 3. The van der Waals surface area contributed by atoms with Gasteiger partial charge in [0.05, 0.1) is 17.7 Å². The van der Waals surface area contributed by atoms with Crippen LogP contribution in [0.25, 0.3) is 0 Å². The Morgan fingerprint density at radius 2 is 1.96 bits per heavy atom. The lowest BCUT2D eigenvalue weighted by Gasteiger charge is -2.18. The van der Waals surface area contributed by atoms with Gasteiger partial charge in [0, 0.05) is 18.2 Å². The lowest BCUT2D eigenvalue weighted by molar-refractivity contribution is -0.137. The summed E-state index contributed by atoms with van der Waals surface area (Å²) in [5.74, 6) is -0.566. The van der Waals surface area contributed by atoms with E-state index >= 15 is 0 Å². The second kappa shape index (κ2) is 6.73. The van der Waals surface area contributed by atoms with Crippen molar-refractivity contribution in [1.82, 2.24) is 5.32 Å². The second-order valence-corrected chi connectivity index (χ2v) is 5.44. The summed E-state index contributed by atoms with van der Waals surface area (Å²) in [6.07, 6.45) is -6.78. The summed E-state index contributed by atoms with van der Waals surface area (Å²) in [5.41, 5.74) is -0.948. The average Bonchev–Trinajstić information content (AvgIpc) is 2.74. The van der Waals surface area contributed by atoms with E-state index in [1.165, 1.54) is 6.07 Å². The second-order valence-electron chi connectivity index (χ2n) is 5.44. The van der Waals surface area contributed by atoms with Crippen molar-refractivity contribution in [2.45, 2.75) is 30.8 Å². The van der Waals surface area contributed by atoms with Crippen LogP contribution in [0.4, 0.5) is 23.7 Å². The van der Waals surface area contributed by atoms with Gasteiger partial charge in [0.2, 0.25) is 0 Å². The number of hydrogen-bond acceptors (Lipinski definition) is 4. The first-order valence-corrected chi connectivity index (χ1v) is 6.94. The number of benzene rings is 1. The SMILES string of the molecule is O=C(Nc1cccc(C(F)(F)F)c1)N[C@@H]1C[C@H](CO)[C@@H](O)[C@H]1O. The van der Waals surface area contributed by atoms with Crippen LogP contribution in [-0.4, -0.2) is 46.2 Å². The number of alkyl halides is 3. The first kappa shape index (κ1) is 17.5. The standard InChI is InChI=1S/C14H17F3N2O4/c15-14(16,17)8-2-1-3-9(5-8)18-13(23)19-10-4-7(6-20)11(21)12(10)22/h1-3,5,7,10-12,20-22H,4,6H2,(H2,18,19,23)/t7-,10-,11-,12+/m1/s1. The smallest absolute Gasteiger partial charge is 0.396 e. The Morgan fingerprint density at radius 1 is 1.26 bits per heavy atom. The number of urea groups is 1. The molecule has 1 aromatic carbocycles. The number of anilines is 1. The third kappa shape index (κ3) is 4.12. The zero-order valence-electron chi connectivity index (χ0n) is 11.9. The van der Waals surface area contributed by atoms with Crippen LogP contribution in [0.1, 0.15) is 12.0 Å². The molecule has 1 saturated carbocycles. The molecule has 0 spiro atoms. The molecule has 0 bridgehead atoms. The van der Waals surface area contributed by atoms with Crippen molar-refractivity contribution in [1.29, 1.82) is 0 Å². The highest BCUT2D eigenvalue weighted by molar-refractivity contribution is 5.89. The molecule has 6 nitrogen and oxygen atoms in total. The third-order valence-electron chi connectivity index (χ3n) is 3.80. The van der Waals surface area contributed by atoms with Crippen molar-refractivity contribution >= 4 is 11.7 Å². The van der Waals surface area contributed by atoms with Gasteiger partial charge in [-0.3, -0.25) is 0 Å². The Kier molecular flexibility index (Phi) is 5.12. The van der Waals surface area contributed by atoms with Gasteiger partial charge < -0.3 is 26.0 Å². The zero-order chi connectivity index (χ0) is 17.2. The van der Waals surface area contributed by atoms with E-state index in [0.29, 0.717) is 0 Å². The molecule has 0 saturated heterocycles. The van der Waals surface area contributed by atoms with Gasteiger partial charge in [-0.1, -0.05) is 6.07 Å². The maximum Gasteiger partial charge on any atom is 0.416 e. The van der Waals surface area contributed by atoms with Crippen molar-refractivity contribution in [3.63, 3.8) is 0 Å². The number of carbonyl (C=O) groups is 1. The molecule has 5 N–H and O–H groups in total. The van der Waals surface area contributed by atoms with Crippen LogP contribution in [0.3, 0.4) is 0 Å². The minimum atomic E-state index is -4.52. The van der Waals surface area contributed by atoms with Gasteiger partial charge in [0.25, 0.3) is 0 Å². The fourth-order valence-electron chi connectivity index (χ4n) is 2.56. The number of aliphatic hydroxyl groups is 3. The van der Waals surface area contributed by atoms with Crippen LogP contribution in [0.15, 0.2) is 24.3 Å². The van der Waals surface area contributed by atoms with Gasteiger partial charge in [0.15, 0.2) is 0 Å². The molecule has 1 aromatic rings. The molecule has 128 valence electrons. The van der Waals surface area contributed by atoms with E-state index in [4.69, 9.17) is 5.11 Å². The Labute approximate surface area is 129 Å². The molecular weight excluding hydrogens is 317 g/mol. The van der Waals surface area contributed by atoms with Crippen molar-refractivity contribution < 1.29 is 33.3 Å². The van der Waals surface area contributed by atoms with E-state index in [0.717, 1.165) is 18.2 Å². The molecule has 2 amide bonds. The van der Waals surface area contributed by atoms with Crippen LogP contribution >= 0.6 is 0 Å². The maximum absolute atomic E-state index is 12.6. The molecular formula is C14H17F3N2O4. The normalized spacial score (nSPS) is 27.7. The maximum atomic E-state index is 12.6. The van der Waals surface area contributed by atoms with E-state index in [9.17, 15) is 28.2 Å². The number of nitrogens with one attached hydrogen (secondary N) is 2. The van der Waals surface area contributed by atoms with Crippen LogP contribution in [-0.2, 0) is 6.18 Å². The molecule has 1 aliphatic rings. The lowest BCUT2D eigenvalue weighted by atomic mass is 10.1. The molecule has 0 heterocycles. The predicted molar refractivity (Wildman–Crippen MR) is 74.6 cm³/mol. The molecule has 2 rings (SSSR count). The minimum Gasteiger partial charge on any atom is -0.396 e. The highest BCUT2D eigenvalue weighted by atomic mass is 19.4. The van der Waals surface area contributed by atoms with Crippen LogP contribution in [0.2, 0.25) is 0 Å². The molecule has 0 aromatic heterocycles. The van der Waals surface area contributed by atoms with Gasteiger partial charge in [0.1, 0.15) is 6.10 Å². The van der Waals surface area contributed by atoms with Crippen molar-refractivity contribution in [2.75, 3.05) is 11.9 Å². The number of carbonyl (C=O) groups excluding carboxylic acids is 1. The van der Waals surface area contributed by atoms with Gasteiger partial charge in [-0.2, -0.15) is 13.2 Å². The highest BCUT2D eigenvalue weighted by Crippen LogP contribution is 2.31. The summed E-state index contributed by atoms with van der Waals surface area (Å²) >= 11 is 0. The van der Waals surface area contributed by atoms with E-state index < -0.39 is 41.9 Å². The minimum absolute atomic E-state index is 0.0518. The Balaban J connectivity index is 1.98. The molecule has 0 aliphatic heterocycles. The van der Waals surface area contributed by atoms with Crippen LogP contribution < -0.4 is 10.6 Å². The molecule has 4 atom stereocenters. The fraction of sp³-hybridized carbons (Fsp3) is 0.500. The summed E-state index contributed by atoms with van der Waals surface area (Å²) in [6, 6.07) is 2.52. The average molecular weight is 334 g/mol. The molecule has 0 unspecified atom stereocenters. The summed E-state index contributed by atoms with van der Waals surface area (Å²) < 4.78 is 37.8. The van der Waals surface area contributed by atoms with E-state index in [1.54, 1.807) is 0 Å². The largest absolute Gasteiger partial charge is 0.416 e. The summed E-state index contributed by atoms with van der Waals surface area (Å²) in [6.45, 7) is -0.342. The third-order valence-corrected chi connectivity index (χ3v) is 3.80. The van der Waals surface area contributed by atoms with Crippen molar-refractivity contribution in [3.05, 3.63) is 29.8 Å². The van der Waals surface area contributed by atoms with Gasteiger partial charge in [-0.25, -0.2) is 4.79 Å². The summed E-state index contributed by atoms with van der Waals surface area (Å²) in [4.78, 5) is 11.8. The first-order valence-electron chi connectivity index (χ1n) is 6.94. The van der Waals surface area contributed by atoms with Crippen molar-refractivity contribution in [2.24, 2.45) is 5.92 Å². The molecule has 23 heavy (non-hydrogen) atoms. The van der Waals surface area contributed by atoms with E-state index in [1.807, 2.05) is 0 Å². The molecule has 9 heteroatoms. The van der Waals surface area contributed by atoms with E-state index in [-0.39, 0.29) is 18.7 Å². The van der Waals surface area contributed by atoms with Crippen LogP contribution in [0, 0.1) is 5.92 Å². The van der Waals surface area contributed by atoms with Gasteiger partial charge in [-0.05, 0) is 24.6 Å². The molecule has 0 radical (unpaired) electrons. The topological polar surface area (TPSA) is 102 Å². The Hall–Kier alpha value is -1.84. The number of halogens is 3. The zero-order valence-corrected chi connectivity index (χ0v) is 11.9. The monoisotopic (exact) mass is 334 g/mol. The quantitative estimate of drug-likeness (QED) is 0.567. The van der Waals surface area contributed by atoms with Crippen molar-refractivity contribution in [3.8, 4) is 0 Å². The number of amides is 2. The van der Waals surface area contributed by atoms with Gasteiger partial charge >= 0.3 is 12.2 Å². The van der Waals surface area contributed by atoms with Gasteiger partial charge in [-0.15, -0.1) is 0 Å². The number of hydrogen-bond donors (Lipinski definition) is 5. The summed E-state index contributed by atoms with van der Waals surface area (Å²) in [7, 11) is 0. The Bertz CT molecular complexity index is 567. The molecule has 1 aliphatic carbocycles.